The van der Waals surface area contributed by atoms with Crippen LogP contribution in [0.5, 0.6) is 0 Å². The van der Waals surface area contributed by atoms with Crippen LogP contribution in [0.2, 0.25) is 0 Å². The fourth-order valence-electron chi connectivity index (χ4n) is 3.17. The lowest BCUT2D eigenvalue weighted by atomic mass is 9.81. The second-order valence-corrected chi connectivity index (χ2v) is 6.86. The van der Waals surface area contributed by atoms with Crippen molar-refractivity contribution in [2.75, 3.05) is 0 Å². The standard InChI is InChI=1S/C18H20OS/c1-11-9-13(3)16(10-12(11)2)18(19)15-5-4-6-17-14(15)7-8-20-17/h7-10,15H,4-6H2,1-3H3. The van der Waals surface area contributed by atoms with E-state index in [1.165, 1.54) is 21.6 Å². The summed E-state index contributed by atoms with van der Waals surface area (Å²) in [7, 11) is 0. The fourth-order valence-corrected chi connectivity index (χ4v) is 4.16. The monoisotopic (exact) mass is 284 g/mol. The van der Waals surface area contributed by atoms with Gasteiger partial charge in [-0.05, 0) is 79.8 Å². The molecule has 1 aliphatic rings. The highest BCUT2D eigenvalue weighted by Gasteiger charge is 2.28. The number of benzene rings is 1. The Balaban J connectivity index is 2.01. The summed E-state index contributed by atoms with van der Waals surface area (Å²) in [5.74, 6) is 0.385. The number of carbonyl (C=O) groups is 1. The lowest BCUT2D eigenvalue weighted by molar-refractivity contribution is 0.0950. The van der Waals surface area contributed by atoms with Crippen LogP contribution in [0.3, 0.4) is 0 Å². The molecular formula is C18H20OS. The van der Waals surface area contributed by atoms with Gasteiger partial charge < -0.3 is 0 Å². The maximum atomic E-state index is 12.9. The molecule has 0 spiro atoms. The molecule has 0 saturated heterocycles. The Morgan fingerprint density at radius 1 is 1.15 bits per heavy atom. The lowest BCUT2D eigenvalue weighted by Crippen LogP contribution is -2.18. The van der Waals surface area contributed by atoms with Gasteiger partial charge in [0.05, 0.1) is 0 Å². The van der Waals surface area contributed by atoms with Gasteiger partial charge in [-0.3, -0.25) is 4.79 Å². The Hall–Kier alpha value is -1.41. The summed E-state index contributed by atoms with van der Waals surface area (Å²) in [4.78, 5) is 14.4. The van der Waals surface area contributed by atoms with Crippen molar-refractivity contribution in [2.24, 2.45) is 0 Å². The second kappa shape index (κ2) is 5.17. The minimum atomic E-state index is 0.0748. The van der Waals surface area contributed by atoms with E-state index in [1.54, 1.807) is 11.3 Å². The van der Waals surface area contributed by atoms with E-state index in [1.807, 2.05) is 0 Å². The Labute approximate surface area is 124 Å². The molecule has 3 rings (SSSR count). The normalized spacial score (nSPS) is 17.9. The van der Waals surface area contributed by atoms with Crippen LogP contribution in [-0.2, 0) is 6.42 Å². The average Bonchev–Trinajstić information content (AvgIpc) is 2.90. The van der Waals surface area contributed by atoms with Gasteiger partial charge in [0, 0.05) is 16.4 Å². The Bertz CT molecular complexity index is 666. The van der Waals surface area contributed by atoms with E-state index in [9.17, 15) is 4.79 Å². The third-order valence-corrected chi connectivity index (χ3v) is 5.47. The molecule has 104 valence electrons. The minimum Gasteiger partial charge on any atom is -0.293 e. The molecule has 1 aromatic heterocycles. The number of aryl methyl sites for hydroxylation is 4. The zero-order valence-corrected chi connectivity index (χ0v) is 13.1. The van der Waals surface area contributed by atoms with Gasteiger partial charge in [-0.15, -0.1) is 11.3 Å². The third-order valence-electron chi connectivity index (χ3n) is 4.47. The smallest absolute Gasteiger partial charge is 0.170 e. The van der Waals surface area contributed by atoms with E-state index < -0.39 is 0 Å². The van der Waals surface area contributed by atoms with Gasteiger partial charge in [0.2, 0.25) is 0 Å². The van der Waals surface area contributed by atoms with Gasteiger partial charge in [0.25, 0.3) is 0 Å². The fraction of sp³-hybridized carbons (Fsp3) is 0.389. The van der Waals surface area contributed by atoms with Gasteiger partial charge in [-0.2, -0.15) is 0 Å². The average molecular weight is 284 g/mol. The number of rotatable bonds is 2. The van der Waals surface area contributed by atoms with Gasteiger partial charge >= 0.3 is 0 Å². The number of ketones is 1. The van der Waals surface area contributed by atoms with Gasteiger partial charge in [0.15, 0.2) is 5.78 Å². The molecule has 0 saturated carbocycles. The van der Waals surface area contributed by atoms with Crippen LogP contribution in [0.15, 0.2) is 23.6 Å². The molecule has 1 heterocycles. The SMILES string of the molecule is Cc1cc(C)c(C(=O)C2CCCc3sccc32)cc1C. The molecule has 1 aliphatic carbocycles. The highest BCUT2D eigenvalue weighted by atomic mass is 32.1. The summed E-state index contributed by atoms with van der Waals surface area (Å²) in [6, 6.07) is 6.37. The summed E-state index contributed by atoms with van der Waals surface area (Å²) in [5.41, 5.74) is 5.78. The van der Waals surface area contributed by atoms with Crippen molar-refractivity contribution >= 4 is 17.1 Å². The highest BCUT2D eigenvalue weighted by molar-refractivity contribution is 7.10. The van der Waals surface area contributed by atoms with Crippen LogP contribution in [0.25, 0.3) is 0 Å². The molecule has 0 amide bonds. The highest BCUT2D eigenvalue weighted by Crippen LogP contribution is 2.37. The summed E-state index contributed by atoms with van der Waals surface area (Å²) in [5, 5.41) is 2.13. The van der Waals surface area contributed by atoms with Crippen molar-refractivity contribution in [3.05, 3.63) is 56.3 Å². The van der Waals surface area contributed by atoms with E-state index in [0.29, 0.717) is 5.78 Å². The van der Waals surface area contributed by atoms with Crippen molar-refractivity contribution in [3.63, 3.8) is 0 Å². The first-order valence-corrected chi connectivity index (χ1v) is 8.14. The Morgan fingerprint density at radius 3 is 2.70 bits per heavy atom. The molecule has 0 bridgehead atoms. The maximum Gasteiger partial charge on any atom is 0.170 e. The first-order valence-electron chi connectivity index (χ1n) is 7.26. The van der Waals surface area contributed by atoms with Gasteiger partial charge in [-0.25, -0.2) is 0 Å². The molecule has 0 fully saturated rings. The number of hydrogen-bond donors (Lipinski definition) is 0. The topological polar surface area (TPSA) is 17.1 Å². The van der Waals surface area contributed by atoms with Crippen LogP contribution in [-0.4, -0.2) is 5.78 Å². The van der Waals surface area contributed by atoms with Crippen molar-refractivity contribution in [1.82, 2.24) is 0 Å². The first-order chi connectivity index (χ1) is 9.58. The van der Waals surface area contributed by atoms with Crippen LogP contribution in [0.1, 0.15) is 56.2 Å². The van der Waals surface area contributed by atoms with Crippen LogP contribution in [0, 0.1) is 20.8 Å². The third kappa shape index (κ3) is 2.22. The van der Waals surface area contributed by atoms with E-state index in [0.717, 1.165) is 30.4 Å². The molecule has 0 radical (unpaired) electrons. The van der Waals surface area contributed by atoms with Crippen LogP contribution in [0.4, 0.5) is 0 Å². The zero-order valence-electron chi connectivity index (χ0n) is 12.3. The van der Waals surface area contributed by atoms with Crippen LogP contribution < -0.4 is 0 Å². The molecule has 2 heteroatoms. The predicted molar refractivity (Wildman–Crippen MR) is 85.0 cm³/mol. The van der Waals surface area contributed by atoms with Crippen molar-refractivity contribution in [1.29, 1.82) is 0 Å². The largest absolute Gasteiger partial charge is 0.293 e. The molecule has 2 aromatic rings. The van der Waals surface area contributed by atoms with Gasteiger partial charge in [-0.1, -0.05) is 6.07 Å². The number of carbonyl (C=O) groups excluding carboxylic acids is 1. The summed E-state index contributed by atoms with van der Waals surface area (Å²) >= 11 is 1.80. The zero-order chi connectivity index (χ0) is 14.3. The minimum absolute atomic E-state index is 0.0748. The second-order valence-electron chi connectivity index (χ2n) is 5.86. The van der Waals surface area contributed by atoms with Crippen LogP contribution >= 0.6 is 11.3 Å². The number of hydrogen-bond acceptors (Lipinski definition) is 2. The van der Waals surface area contributed by atoms with E-state index in [4.69, 9.17) is 0 Å². The molecule has 1 nitrogen and oxygen atoms in total. The summed E-state index contributed by atoms with van der Waals surface area (Å²) < 4.78 is 0. The van der Waals surface area contributed by atoms with E-state index in [-0.39, 0.29) is 5.92 Å². The first kappa shape index (κ1) is 13.6. The van der Waals surface area contributed by atoms with E-state index >= 15 is 0 Å². The quantitative estimate of drug-likeness (QED) is 0.711. The number of fused-ring (bicyclic) bond motifs is 1. The molecular weight excluding hydrogens is 264 g/mol. The molecule has 1 unspecified atom stereocenters. The summed E-state index contributed by atoms with van der Waals surface area (Å²) in [6.07, 6.45) is 3.27. The Kier molecular flexibility index (Phi) is 3.51. The predicted octanol–water partition coefficient (Wildman–Crippen LogP) is 4.98. The molecule has 1 atom stereocenters. The van der Waals surface area contributed by atoms with E-state index in [2.05, 4.69) is 44.4 Å². The lowest BCUT2D eigenvalue weighted by Gasteiger charge is -2.22. The summed E-state index contributed by atoms with van der Waals surface area (Å²) in [6.45, 7) is 6.24. The number of thiophene rings is 1. The van der Waals surface area contributed by atoms with Crippen molar-refractivity contribution in [3.8, 4) is 0 Å². The Morgan fingerprint density at radius 2 is 1.90 bits per heavy atom. The number of Topliss-reactive ketones (excluding diaryl/α,β-unsaturated/α-hetero) is 1. The van der Waals surface area contributed by atoms with Gasteiger partial charge in [0.1, 0.15) is 0 Å². The molecule has 20 heavy (non-hydrogen) atoms. The van der Waals surface area contributed by atoms with Crippen molar-refractivity contribution < 1.29 is 4.79 Å². The van der Waals surface area contributed by atoms with Crippen molar-refractivity contribution in [2.45, 2.75) is 46.0 Å². The molecule has 1 aromatic carbocycles. The molecule has 0 N–H and O–H groups in total. The maximum absolute atomic E-state index is 12.9. The molecule has 0 aliphatic heterocycles.